The second kappa shape index (κ2) is 12.2. The van der Waals surface area contributed by atoms with E-state index in [4.69, 9.17) is 9.47 Å². The zero-order valence-electron chi connectivity index (χ0n) is 18.7. The van der Waals surface area contributed by atoms with Crippen molar-refractivity contribution in [2.75, 3.05) is 13.2 Å². The van der Waals surface area contributed by atoms with E-state index in [1.54, 1.807) is 6.07 Å². The summed E-state index contributed by atoms with van der Waals surface area (Å²) in [7, 11) is 0. The molecule has 0 amide bonds. The van der Waals surface area contributed by atoms with E-state index in [0.29, 0.717) is 11.5 Å². The number of aryl methyl sites for hydroxylation is 2. The van der Waals surface area contributed by atoms with Crippen LogP contribution in [0.25, 0.3) is 11.1 Å². The van der Waals surface area contributed by atoms with Gasteiger partial charge in [-0.15, -0.1) is 0 Å². The summed E-state index contributed by atoms with van der Waals surface area (Å²) in [4.78, 5) is 0. The van der Waals surface area contributed by atoms with Crippen LogP contribution in [0.4, 0.5) is 4.39 Å². The Bertz CT molecular complexity index is 748. The highest BCUT2D eigenvalue weighted by molar-refractivity contribution is 5.64. The molecule has 2 nitrogen and oxygen atoms in total. The molecule has 2 aromatic carbocycles. The summed E-state index contributed by atoms with van der Waals surface area (Å²) in [5, 5.41) is 0. The zero-order chi connectivity index (χ0) is 21.2. The fourth-order valence-corrected chi connectivity index (χ4v) is 4.10. The Morgan fingerprint density at radius 2 is 1.53 bits per heavy atom. The first-order valence-corrected chi connectivity index (χ1v) is 11.8. The minimum absolute atomic E-state index is 0.0972. The van der Waals surface area contributed by atoms with E-state index in [1.807, 2.05) is 31.2 Å². The van der Waals surface area contributed by atoms with Crippen LogP contribution in [0.5, 0.6) is 0 Å². The molecule has 0 N–H and O–H groups in total. The average molecular weight is 413 g/mol. The van der Waals surface area contributed by atoms with Crippen LogP contribution in [0.2, 0.25) is 0 Å². The van der Waals surface area contributed by atoms with Crippen molar-refractivity contribution in [3.8, 4) is 11.1 Å². The summed E-state index contributed by atoms with van der Waals surface area (Å²) in [6.45, 7) is 5.94. The Morgan fingerprint density at radius 3 is 2.20 bits per heavy atom. The van der Waals surface area contributed by atoms with Gasteiger partial charge >= 0.3 is 0 Å². The highest BCUT2D eigenvalue weighted by Crippen LogP contribution is 2.25. The van der Waals surface area contributed by atoms with Crippen molar-refractivity contribution < 1.29 is 13.9 Å². The minimum atomic E-state index is -0.147. The first-order valence-electron chi connectivity index (χ1n) is 11.8. The Hall–Kier alpha value is -1.71. The summed E-state index contributed by atoms with van der Waals surface area (Å²) in [5.74, 6) is 0.405. The second-order valence-corrected chi connectivity index (χ2v) is 8.57. The number of benzene rings is 2. The molecule has 1 aliphatic heterocycles. The third-order valence-corrected chi connectivity index (χ3v) is 6.13. The first kappa shape index (κ1) is 23.0. The van der Waals surface area contributed by atoms with Crippen LogP contribution in [-0.2, 0) is 22.3 Å². The smallest absolute Gasteiger partial charge is 0.157 e. The summed E-state index contributed by atoms with van der Waals surface area (Å²) < 4.78 is 26.2. The van der Waals surface area contributed by atoms with E-state index in [9.17, 15) is 4.39 Å². The van der Waals surface area contributed by atoms with Gasteiger partial charge in [0.25, 0.3) is 0 Å². The SMILES string of the molecule is CCCCCCCC1COC(CCc2ccc(-c3ccc(CC)cc3F)cc2)OC1. The van der Waals surface area contributed by atoms with Crippen LogP contribution in [-0.4, -0.2) is 19.5 Å². The van der Waals surface area contributed by atoms with E-state index in [1.165, 1.54) is 44.1 Å². The van der Waals surface area contributed by atoms with Crippen molar-refractivity contribution in [1.29, 1.82) is 0 Å². The molecule has 3 rings (SSSR count). The molecule has 3 heteroatoms. The minimum Gasteiger partial charge on any atom is -0.352 e. The molecule has 0 unspecified atom stereocenters. The molecule has 0 bridgehead atoms. The van der Waals surface area contributed by atoms with Gasteiger partial charge in [0.15, 0.2) is 6.29 Å². The van der Waals surface area contributed by atoms with Crippen LogP contribution in [0.1, 0.15) is 69.9 Å². The lowest BCUT2D eigenvalue weighted by Crippen LogP contribution is -2.32. The van der Waals surface area contributed by atoms with E-state index < -0.39 is 0 Å². The standard InChI is InChI=1S/C27H37FO2/c1-3-5-6-7-8-9-23-19-29-27(30-20-23)17-13-22-10-14-24(15-11-22)25-16-12-21(4-2)18-26(25)28/h10-12,14-16,18,23,27H,3-9,13,17,19-20H2,1-2H3. The van der Waals surface area contributed by atoms with Crippen molar-refractivity contribution in [1.82, 2.24) is 0 Å². The lowest BCUT2D eigenvalue weighted by Gasteiger charge is -2.29. The van der Waals surface area contributed by atoms with Crippen LogP contribution in [0, 0.1) is 11.7 Å². The molecule has 30 heavy (non-hydrogen) atoms. The number of halogens is 1. The van der Waals surface area contributed by atoms with Gasteiger partial charge in [0.2, 0.25) is 0 Å². The molecule has 164 valence electrons. The molecule has 0 saturated carbocycles. The Labute approximate surface area is 181 Å². The summed E-state index contributed by atoms with van der Waals surface area (Å²) in [6.07, 6.45) is 10.3. The zero-order valence-corrected chi connectivity index (χ0v) is 18.7. The van der Waals surface area contributed by atoms with Crippen LogP contribution >= 0.6 is 0 Å². The monoisotopic (exact) mass is 412 g/mol. The van der Waals surface area contributed by atoms with E-state index in [-0.39, 0.29) is 12.1 Å². The average Bonchev–Trinajstić information content (AvgIpc) is 2.79. The highest BCUT2D eigenvalue weighted by atomic mass is 19.1. The lowest BCUT2D eigenvalue weighted by atomic mass is 9.99. The van der Waals surface area contributed by atoms with Gasteiger partial charge in [-0.05, 0) is 42.0 Å². The van der Waals surface area contributed by atoms with Gasteiger partial charge in [-0.1, -0.05) is 82.3 Å². The molecule has 0 radical (unpaired) electrons. The topological polar surface area (TPSA) is 18.5 Å². The van der Waals surface area contributed by atoms with Crippen LogP contribution in [0.3, 0.4) is 0 Å². The number of unbranched alkanes of at least 4 members (excludes halogenated alkanes) is 4. The predicted molar refractivity (Wildman–Crippen MR) is 122 cm³/mol. The predicted octanol–water partition coefficient (Wildman–Crippen LogP) is 7.34. The lowest BCUT2D eigenvalue weighted by molar-refractivity contribution is -0.203. The molecule has 0 spiro atoms. The normalized spacial score (nSPS) is 19.2. The van der Waals surface area contributed by atoms with Crippen molar-refractivity contribution in [3.05, 3.63) is 59.4 Å². The van der Waals surface area contributed by atoms with Gasteiger partial charge in [0.05, 0.1) is 13.2 Å². The highest BCUT2D eigenvalue weighted by Gasteiger charge is 2.21. The Morgan fingerprint density at radius 1 is 0.833 bits per heavy atom. The number of ether oxygens (including phenoxy) is 2. The molecular formula is C27H37FO2. The molecular weight excluding hydrogens is 375 g/mol. The van der Waals surface area contributed by atoms with Gasteiger partial charge in [0, 0.05) is 17.9 Å². The summed E-state index contributed by atoms with van der Waals surface area (Å²) in [5.41, 5.74) is 3.85. The molecule has 0 aromatic heterocycles. The van der Waals surface area contributed by atoms with E-state index in [0.717, 1.165) is 43.6 Å². The maximum absolute atomic E-state index is 14.3. The first-order chi connectivity index (χ1) is 14.7. The van der Waals surface area contributed by atoms with E-state index in [2.05, 4.69) is 19.1 Å². The summed E-state index contributed by atoms with van der Waals surface area (Å²) >= 11 is 0. The third-order valence-electron chi connectivity index (χ3n) is 6.13. The van der Waals surface area contributed by atoms with Gasteiger partial charge in [-0.25, -0.2) is 4.39 Å². The number of hydrogen-bond donors (Lipinski definition) is 0. The van der Waals surface area contributed by atoms with Crippen molar-refractivity contribution in [2.24, 2.45) is 5.92 Å². The van der Waals surface area contributed by atoms with Gasteiger partial charge in [0.1, 0.15) is 5.82 Å². The molecule has 1 saturated heterocycles. The Balaban J connectivity index is 1.40. The Kier molecular flexibility index (Phi) is 9.35. The van der Waals surface area contributed by atoms with Crippen molar-refractivity contribution in [2.45, 2.75) is 77.9 Å². The number of rotatable bonds is 11. The van der Waals surface area contributed by atoms with Crippen molar-refractivity contribution >= 4 is 0 Å². The van der Waals surface area contributed by atoms with Crippen LogP contribution in [0.15, 0.2) is 42.5 Å². The maximum atomic E-state index is 14.3. The molecule has 2 aromatic rings. The molecule has 1 heterocycles. The maximum Gasteiger partial charge on any atom is 0.157 e. The number of hydrogen-bond acceptors (Lipinski definition) is 2. The molecule has 0 atom stereocenters. The van der Waals surface area contributed by atoms with Gasteiger partial charge < -0.3 is 9.47 Å². The molecule has 0 aliphatic carbocycles. The fraction of sp³-hybridized carbons (Fsp3) is 0.556. The van der Waals surface area contributed by atoms with Gasteiger partial charge in [-0.2, -0.15) is 0 Å². The van der Waals surface area contributed by atoms with E-state index >= 15 is 0 Å². The summed E-state index contributed by atoms with van der Waals surface area (Å²) in [6, 6.07) is 13.7. The molecule has 1 fully saturated rings. The quantitative estimate of drug-likeness (QED) is 0.360. The third kappa shape index (κ3) is 6.92. The second-order valence-electron chi connectivity index (χ2n) is 8.57. The van der Waals surface area contributed by atoms with Crippen LogP contribution < -0.4 is 0 Å². The fourth-order valence-electron chi connectivity index (χ4n) is 4.10. The van der Waals surface area contributed by atoms with Crippen molar-refractivity contribution in [3.63, 3.8) is 0 Å². The van der Waals surface area contributed by atoms with Gasteiger partial charge in [-0.3, -0.25) is 0 Å². The largest absolute Gasteiger partial charge is 0.352 e. The molecule has 1 aliphatic rings.